The molecular formula is C24H31F3O2. The van der Waals surface area contributed by atoms with Crippen molar-refractivity contribution in [2.24, 2.45) is 11.8 Å². The minimum atomic E-state index is -0.837. The van der Waals surface area contributed by atoms with E-state index in [1.54, 1.807) is 0 Å². The van der Waals surface area contributed by atoms with E-state index in [9.17, 15) is 18.0 Å². The monoisotopic (exact) mass is 408 g/mol. The van der Waals surface area contributed by atoms with E-state index in [0.29, 0.717) is 12.0 Å². The van der Waals surface area contributed by atoms with Crippen LogP contribution in [0.2, 0.25) is 0 Å². The number of carbonyl (C=O) groups is 1. The molecule has 0 heterocycles. The summed E-state index contributed by atoms with van der Waals surface area (Å²) in [4.78, 5) is 12.2. The lowest BCUT2D eigenvalue weighted by molar-refractivity contribution is -0.139. The maximum Gasteiger partial charge on any atom is 0.314 e. The average Bonchev–Trinajstić information content (AvgIpc) is 2.71. The van der Waals surface area contributed by atoms with Gasteiger partial charge in [-0.1, -0.05) is 38.7 Å². The highest BCUT2D eigenvalue weighted by atomic mass is 19.1. The summed E-state index contributed by atoms with van der Waals surface area (Å²) in [6.07, 6.45) is 11.1. The normalized spacial score (nSPS) is 24.8. The van der Waals surface area contributed by atoms with Crippen molar-refractivity contribution in [1.82, 2.24) is 0 Å². The second-order valence-electron chi connectivity index (χ2n) is 8.57. The number of hydrogen-bond donors (Lipinski definition) is 0. The molecule has 1 saturated carbocycles. The first-order valence-electron chi connectivity index (χ1n) is 11.0. The summed E-state index contributed by atoms with van der Waals surface area (Å²) in [5.41, 5.74) is 0.648. The topological polar surface area (TPSA) is 26.3 Å². The van der Waals surface area contributed by atoms with Gasteiger partial charge < -0.3 is 4.74 Å². The molecule has 160 valence electrons. The molecule has 3 rings (SSSR count). The predicted octanol–water partition coefficient (Wildman–Crippen LogP) is 7.38. The third kappa shape index (κ3) is 5.86. The first-order valence-corrected chi connectivity index (χ1v) is 11.0. The number of rotatable bonds is 7. The van der Waals surface area contributed by atoms with Crippen LogP contribution in [0, 0.1) is 23.5 Å². The fraction of sp³-hybridized carbons (Fsp3) is 0.625. The molecule has 5 heteroatoms. The largest absolute Gasteiger partial charge is 0.420 e. The van der Waals surface area contributed by atoms with Crippen molar-refractivity contribution < 1.29 is 22.7 Å². The molecule has 29 heavy (non-hydrogen) atoms. The average molecular weight is 409 g/mol. The highest BCUT2D eigenvalue weighted by Gasteiger charge is 2.28. The molecule has 0 amide bonds. The first-order chi connectivity index (χ1) is 14.0. The Morgan fingerprint density at radius 3 is 2.31 bits per heavy atom. The van der Waals surface area contributed by atoms with E-state index < -0.39 is 29.3 Å². The number of halogens is 3. The molecule has 1 aromatic carbocycles. The van der Waals surface area contributed by atoms with Crippen LogP contribution in [0.3, 0.4) is 0 Å². The van der Waals surface area contributed by atoms with Gasteiger partial charge in [0.05, 0.1) is 11.7 Å². The minimum Gasteiger partial charge on any atom is -0.420 e. The third-order valence-corrected chi connectivity index (χ3v) is 6.45. The van der Waals surface area contributed by atoms with Gasteiger partial charge in [0.2, 0.25) is 5.75 Å². The van der Waals surface area contributed by atoms with Gasteiger partial charge in [0, 0.05) is 0 Å². The Labute approximate surface area is 171 Å². The zero-order valence-electron chi connectivity index (χ0n) is 17.2. The van der Waals surface area contributed by atoms with E-state index in [4.69, 9.17) is 4.74 Å². The Kier molecular flexibility index (Phi) is 7.79. The van der Waals surface area contributed by atoms with Gasteiger partial charge in [-0.3, -0.25) is 4.79 Å². The molecular weight excluding hydrogens is 377 g/mol. The van der Waals surface area contributed by atoms with Crippen molar-refractivity contribution >= 4 is 5.97 Å². The number of unbranched alkanes of at least 4 members (excludes halogenated alkanes) is 2. The van der Waals surface area contributed by atoms with Gasteiger partial charge in [0.15, 0.2) is 11.6 Å². The van der Waals surface area contributed by atoms with E-state index in [0.717, 1.165) is 31.6 Å². The third-order valence-electron chi connectivity index (χ3n) is 6.45. The van der Waals surface area contributed by atoms with Gasteiger partial charge in [-0.25, -0.2) is 13.2 Å². The maximum atomic E-state index is 14.5. The van der Waals surface area contributed by atoms with Crippen molar-refractivity contribution in [3.05, 3.63) is 41.2 Å². The summed E-state index contributed by atoms with van der Waals surface area (Å²) in [5.74, 6) is -2.95. The van der Waals surface area contributed by atoms with Gasteiger partial charge in [-0.15, -0.1) is 0 Å². The molecule has 0 saturated heterocycles. The van der Waals surface area contributed by atoms with Crippen LogP contribution in [-0.4, -0.2) is 5.97 Å². The van der Waals surface area contributed by atoms with E-state index in [2.05, 4.69) is 6.92 Å². The predicted molar refractivity (Wildman–Crippen MR) is 107 cm³/mol. The molecule has 2 aliphatic rings. The van der Waals surface area contributed by atoms with Crippen LogP contribution in [0.25, 0.3) is 0 Å². The number of allylic oxidation sites excluding steroid dienone is 2. The van der Waals surface area contributed by atoms with Crippen molar-refractivity contribution in [2.45, 2.75) is 83.5 Å². The zero-order valence-corrected chi connectivity index (χ0v) is 17.2. The van der Waals surface area contributed by atoms with Crippen LogP contribution in [0.4, 0.5) is 13.2 Å². The van der Waals surface area contributed by atoms with Crippen LogP contribution in [0.5, 0.6) is 5.75 Å². The molecule has 0 aliphatic heterocycles. The number of esters is 1. The molecule has 1 atom stereocenters. The Bertz CT molecular complexity index is 713. The van der Waals surface area contributed by atoms with Gasteiger partial charge in [0.25, 0.3) is 0 Å². The van der Waals surface area contributed by atoms with Crippen LogP contribution in [-0.2, 0) is 4.79 Å². The molecule has 1 fully saturated rings. The number of benzene rings is 1. The van der Waals surface area contributed by atoms with Crippen molar-refractivity contribution in [2.75, 3.05) is 0 Å². The second-order valence-corrected chi connectivity index (χ2v) is 8.57. The quantitative estimate of drug-likeness (QED) is 0.267. The highest BCUT2D eigenvalue weighted by molar-refractivity contribution is 5.75. The first kappa shape index (κ1) is 21.9. The summed E-state index contributed by atoms with van der Waals surface area (Å²) in [6.45, 7) is 2.20. The maximum absolute atomic E-state index is 14.5. The highest BCUT2D eigenvalue weighted by Crippen LogP contribution is 2.39. The lowest BCUT2D eigenvalue weighted by Gasteiger charge is -2.29. The molecule has 1 unspecified atom stereocenters. The van der Waals surface area contributed by atoms with Gasteiger partial charge in [-0.2, -0.15) is 0 Å². The number of ether oxygens (including phenoxy) is 1. The Morgan fingerprint density at radius 1 is 1.03 bits per heavy atom. The summed E-state index contributed by atoms with van der Waals surface area (Å²) in [7, 11) is 0. The van der Waals surface area contributed by atoms with Crippen LogP contribution < -0.4 is 4.74 Å². The summed E-state index contributed by atoms with van der Waals surface area (Å²) >= 11 is 0. The van der Waals surface area contributed by atoms with Crippen LogP contribution in [0.15, 0.2) is 24.0 Å². The van der Waals surface area contributed by atoms with E-state index in [1.807, 2.05) is 0 Å². The Balaban J connectivity index is 1.59. The minimum absolute atomic E-state index is 0.151. The molecule has 2 aliphatic carbocycles. The van der Waals surface area contributed by atoms with Crippen molar-refractivity contribution in [3.63, 3.8) is 0 Å². The van der Waals surface area contributed by atoms with Gasteiger partial charge in [-0.05, 0) is 74.5 Å². The fourth-order valence-corrected chi connectivity index (χ4v) is 4.58. The second kappa shape index (κ2) is 10.3. The Hall–Kier alpha value is -1.78. The number of carbonyl (C=O) groups excluding carboxylic acids is 1. The van der Waals surface area contributed by atoms with Crippen LogP contribution >= 0.6 is 0 Å². The van der Waals surface area contributed by atoms with E-state index in [1.165, 1.54) is 43.9 Å². The number of hydrogen-bond acceptors (Lipinski definition) is 2. The molecule has 0 radical (unpaired) electrons. The SMILES string of the molecule is CCCCCC1CCC(c2cc(F)c(OC(=O)C3CC=C(F)CC3)c(F)c2)CC1. The molecule has 0 N–H and O–H groups in total. The molecule has 0 spiro atoms. The summed E-state index contributed by atoms with van der Waals surface area (Å²) < 4.78 is 47.2. The standard InChI is InChI=1S/C24H31F3O2/c1-2-3-4-5-16-6-8-17(9-7-16)19-14-21(26)23(22(27)15-19)29-24(28)18-10-12-20(25)13-11-18/h12,14-18H,2-11,13H2,1H3. The summed E-state index contributed by atoms with van der Waals surface area (Å²) in [5, 5.41) is 0. The smallest absolute Gasteiger partial charge is 0.314 e. The lowest BCUT2D eigenvalue weighted by Crippen LogP contribution is -2.23. The summed E-state index contributed by atoms with van der Waals surface area (Å²) in [6, 6.07) is 2.63. The van der Waals surface area contributed by atoms with Crippen molar-refractivity contribution in [3.8, 4) is 5.75 Å². The van der Waals surface area contributed by atoms with Crippen LogP contribution in [0.1, 0.15) is 89.0 Å². The van der Waals surface area contributed by atoms with Gasteiger partial charge >= 0.3 is 5.97 Å². The van der Waals surface area contributed by atoms with Gasteiger partial charge in [0.1, 0.15) is 0 Å². The van der Waals surface area contributed by atoms with E-state index in [-0.39, 0.29) is 24.6 Å². The molecule has 0 aromatic heterocycles. The fourth-order valence-electron chi connectivity index (χ4n) is 4.58. The molecule has 1 aromatic rings. The Morgan fingerprint density at radius 2 is 1.72 bits per heavy atom. The molecule has 2 nitrogen and oxygen atoms in total. The van der Waals surface area contributed by atoms with Crippen molar-refractivity contribution in [1.29, 1.82) is 0 Å². The van der Waals surface area contributed by atoms with E-state index >= 15 is 0 Å². The zero-order chi connectivity index (χ0) is 20.8. The molecule has 0 bridgehead atoms. The lowest BCUT2D eigenvalue weighted by atomic mass is 9.77.